The molecular formula is C25H20N2O4S. The number of amides is 1. The second-order valence-corrected chi connectivity index (χ2v) is 8.23. The smallest absolute Gasteiger partial charge is 0.315 e. The standard InChI is InChI=1S/C25H20N2O4S/c1-2-30-14-13-27-19-12-11-16-7-3-4-8-17(16)23(19)32-25(27)26-24(29)22-15-20(28)18-9-5-6-10-21(18)31-22/h3-12,15H,2,13-14H2,1H3. The van der Waals surface area contributed by atoms with Crippen LogP contribution in [0, 0.1) is 0 Å². The third-order valence-electron chi connectivity index (χ3n) is 5.28. The Morgan fingerprint density at radius 3 is 2.69 bits per heavy atom. The van der Waals surface area contributed by atoms with Crippen molar-refractivity contribution in [2.24, 2.45) is 4.99 Å². The van der Waals surface area contributed by atoms with E-state index in [1.807, 2.05) is 29.7 Å². The zero-order chi connectivity index (χ0) is 22.1. The first-order valence-corrected chi connectivity index (χ1v) is 11.2. The maximum atomic E-state index is 13.0. The summed E-state index contributed by atoms with van der Waals surface area (Å²) in [4.78, 5) is 30.3. The van der Waals surface area contributed by atoms with Crippen molar-refractivity contribution in [2.45, 2.75) is 13.5 Å². The number of carbonyl (C=O) groups is 1. The Balaban J connectivity index is 1.68. The highest BCUT2D eigenvalue weighted by Gasteiger charge is 2.14. The number of rotatable bonds is 5. The molecule has 0 spiro atoms. The van der Waals surface area contributed by atoms with Crippen LogP contribution >= 0.6 is 11.3 Å². The Bertz CT molecular complexity index is 1590. The van der Waals surface area contributed by atoms with E-state index in [9.17, 15) is 9.59 Å². The minimum absolute atomic E-state index is 0.0765. The molecule has 0 aliphatic carbocycles. The van der Waals surface area contributed by atoms with Gasteiger partial charge in [0.05, 0.1) is 22.2 Å². The lowest BCUT2D eigenvalue weighted by Gasteiger charge is -2.06. The van der Waals surface area contributed by atoms with Crippen molar-refractivity contribution in [1.29, 1.82) is 0 Å². The van der Waals surface area contributed by atoms with Crippen LogP contribution in [0.15, 0.2) is 80.9 Å². The molecule has 160 valence electrons. The molecule has 0 unspecified atom stereocenters. The average Bonchev–Trinajstić information content (AvgIpc) is 3.16. The van der Waals surface area contributed by atoms with Crippen LogP contribution in [0.5, 0.6) is 0 Å². The number of hydrogen-bond donors (Lipinski definition) is 0. The van der Waals surface area contributed by atoms with Crippen LogP contribution in [0.25, 0.3) is 32.0 Å². The normalized spacial score (nSPS) is 12.2. The Labute approximate surface area is 187 Å². The summed E-state index contributed by atoms with van der Waals surface area (Å²) in [5.74, 6) is -0.666. The number of fused-ring (bicyclic) bond motifs is 4. The molecule has 5 aromatic rings. The number of aromatic nitrogens is 1. The molecule has 0 aliphatic rings. The van der Waals surface area contributed by atoms with Gasteiger partial charge in [0.15, 0.2) is 16.0 Å². The van der Waals surface area contributed by atoms with Crippen LogP contribution in [0.4, 0.5) is 0 Å². The maximum Gasteiger partial charge on any atom is 0.315 e. The van der Waals surface area contributed by atoms with Gasteiger partial charge in [0.1, 0.15) is 5.58 Å². The minimum Gasteiger partial charge on any atom is -0.451 e. The highest BCUT2D eigenvalue weighted by Crippen LogP contribution is 2.27. The van der Waals surface area contributed by atoms with Crippen molar-refractivity contribution in [3.63, 3.8) is 0 Å². The zero-order valence-electron chi connectivity index (χ0n) is 17.4. The molecule has 0 saturated heterocycles. The summed E-state index contributed by atoms with van der Waals surface area (Å²) < 4.78 is 14.3. The van der Waals surface area contributed by atoms with Gasteiger partial charge in [-0.05, 0) is 30.5 Å². The van der Waals surface area contributed by atoms with Gasteiger partial charge in [-0.2, -0.15) is 4.99 Å². The number of hydrogen-bond acceptors (Lipinski definition) is 5. The van der Waals surface area contributed by atoms with Crippen LogP contribution in [-0.2, 0) is 11.3 Å². The van der Waals surface area contributed by atoms with E-state index < -0.39 is 5.91 Å². The zero-order valence-corrected chi connectivity index (χ0v) is 18.2. The lowest BCUT2D eigenvalue weighted by atomic mass is 10.1. The molecule has 5 rings (SSSR count). The molecule has 2 aromatic heterocycles. The number of para-hydroxylation sites is 1. The first kappa shape index (κ1) is 20.4. The topological polar surface area (TPSA) is 73.8 Å². The van der Waals surface area contributed by atoms with Gasteiger partial charge in [0.25, 0.3) is 0 Å². The predicted molar refractivity (Wildman–Crippen MR) is 126 cm³/mol. The van der Waals surface area contributed by atoms with Gasteiger partial charge in [0, 0.05) is 24.6 Å². The van der Waals surface area contributed by atoms with Crippen LogP contribution in [0.3, 0.4) is 0 Å². The highest BCUT2D eigenvalue weighted by atomic mass is 32.1. The van der Waals surface area contributed by atoms with E-state index in [-0.39, 0.29) is 11.2 Å². The van der Waals surface area contributed by atoms with E-state index in [4.69, 9.17) is 9.15 Å². The number of benzene rings is 3. The molecular weight excluding hydrogens is 424 g/mol. The first-order chi connectivity index (χ1) is 15.7. The number of ether oxygens (including phenoxy) is 1. The van der Waals surface area contributed by atoms with E-state index in [0.29, 0.717) is 35.5 Å². The second kappa shape index (κ2) is 8.53. The summed E-state index contributed by atoms with van der Waals surface area (Å²) >= 11 is 1.44. The summed E-state index contributed by atoms with van der Waals surface area (Å²) in [5.41, 5.74) is 1.09. The second-order valence-electron chi connectivity index (χ2n) is 7.26. The van der Waals surface area contributed by atoms with E-state index in [1.54, 1.807) is 24.3 Å². The van der Waals surface area contributed by atoms with Gasteiger partial charge in [0.2, 0.25) is 0 Å². The van der Waals surface area contributed by atoms with E-state index in [2.05, 4.69) is 23.2 Å². The van der Waals surface area contributed by atoms with Crippen molar-refractivity contribution in [1.82, 2.24) is 4.57 Å². The first-order valence-electron chi connectivity index (χ1n) is 10.4. The van der Waals surface area contributed by atoms with E-state index in [0.717, 1.165) is 21.0 Å². The molecule has 0 saturated carbocycles. The lowest BCUT2D eigenvalue weighted by Crippen LogP contribution is -2.20. The minimum atomic E-state index is -0.589. The quantitative estimate of drug-likeness (QED) is 0.367. The molecule has 3 aromatic carbocycles. The third kappa shape index (κ3) is 3.66. The van der Waals surface area contributed by atoms with Gasteiger partial charge < -0.3 is 13.7 Å². The molecule has 0 N–H and O–H groups in total. The summed E-state index contributed by atoms with van der Waals surface area (Å²) in [6, 6.07) is 20.3. The monoisotopic (exact) mass is 444 g/mol. The van der Waals surface area contributed by atoms with E-state index >= 15 is 0 Å². The molecule has 7 heteroatoms. The Morgan fingerprint density at radius 2 is 1.84 bits per heavy atom. The largest absolute Gasteiger partial charge is 0.451 e. The molecule has 0 atom stereocenters. The van der Waals surface area contributed by atoms with Crippen LogP contribution < -0.4 is 10.2 Å². The molecule has 0 radical (unpaired) electrons. The molecule has 2 heterocycles. The third-order valence-corrected chi connectivity index (χ3v) is 6.41. The molecule has 6 nitrogen and oxygen atoms in total. The summed E-state index contributed by atoms with van der Waals surface area (Å²) in [6.45, 7) is 3.61. The fraction of sp³-hybridized carbons (Fsp3) is 0.160. The average molecular weight is 445 g/mol. The number of nitrogens with zero attached hydrogens (tertiary/aromatic N) is 2. The van der Waals surface area contributed by atoms with Gasteiger partial charge in [-0.25, -0.2) is 0 Å². The summed E-state index contributed by atoms with van der Waals surface area (Å²) in [5, 5.41) is 2.66. The van der Waals surface area contributed by atoms with Crippen molar-refractivity contribution < 1.29 is 13.9 Å². The number of carbonyl (C=O) groups excluding carboxylic acids is 1. The Kier molecular flexibility index (Phi) is 5.43. The number of thiazole rings is 1. The van der Waals surface area contributed by atoms with E-state index in [1.165, 1.54) is 17.4 Å². The van der Waals surface area contributed by atoms with Crippen molar-refractivity contribution in [2.75, 3.05) is 13.2 Å². The molecule has 0 bridgehead atoms. The lowest BCUT2D eigenvalue weighted by molar-refractivity contribution is 0.0971. The summed E-state index contributed by atoms with van der Waals surface area (Å²) in [6.07, 6.45) is 0. The predicted octanol–water partition coefficient (Wildman–Crippen LogP) is 4.74. The fourth-order valence-corrected chi connectivity index (χ4v) is 4.94. The van der Waals surface area contributed by atoms with Crippen molar-refractivity contribution in [3.05, 3.63) is 87.5 Å². The Morgan fingerprint density at radius 1 is 1.06 bits per heavy atom. The highest BCUT2D eigenvalue weighted by molar-refractivity contribution is 7.17. The van der Waals surface area contributed by atoms with Crippen LogP contribution in [-0.4, -0.2) is 23.7 Å². The molecule has 32 heavy (non-hydrogen) atoms. The molecule has 0 fully saturated rings. The van der Waals surface area contributed by atoms with Gasteiger partial charge in [-0.15, -0.1) is 0 Å². The van der Waals surface area contributed by atoms with Crippen molar-refractivity contribution in [3.8, 4) is 0 Å². The fourth-order valence-electron chi connectivity index (χ4n) is 3.75. The maximum absolute atomic E-state index is 13.0. The van der Waals surface area contributed by atoms with Crippen molar-refractivity contribution >= 4 is 49.2 Å². The van der Waals surface area contributed by atoms with Crippen LogP contribution in [0.1, 0.15) is 17.5 Å². The molecule has 1 amide bonds. The Hall–Kier alpha value is -3.55. The van der Waals surface area contributed by atoms with Gasteiger partial charge in [-0.1, -0.05) is 53.8 Å². The van der Waals surface area contributed by atoms with Gasteiger partial charge >= 0.3 is 5.91 Å². The van der Waals surface area contributed by atoms with Gasteiger partial charge in [-0.3, -0.25) is 9.59 Å². The van der Waals surface area contributed by atoms with Crippen LogP contribution in [0.2, 0.25) is 0 Å². The molecule has 0 aliphatic heterocycles. The SMILES string of the molecule is CCOCCn1c(=NC(=O)c2cc(=O)c3ccccc3o2)sc2c3ccccc3ccc21. The summed E-state index contributed by atoms with van der Waals surface area (Å²) in [7, 11) is 0.